The van der Waals surface area contributed by atoms with Crippen LogP contribution in [0.2, 0.25) is 5.15 Å². The van der Waals surface area contributed by atoms with Crippen LogP contribution in [0.25, 0.3) is 11.2 Å². The molecule has 27 heavy (non-hydrogen) atoms. The van der Waals surface area contributed by atoms with E-state index in [2.05, 4.69) is 15.0 Å². The summed E-state index contributed by atoms with van der Waals surface area (Å²) in [5.41, 5.74) is 5.53. The van der Waals surface area contributed by atoms with Gasteiger partial charge in [0.15, 0.2) is 22.3 Å². The lowest BCUT2D eigenvalue weighted by atomic mass is 10.2. The fourth-order valence-electron chi connectivity index (χ4n) is 2.74. The SMILES string of the molecule is COC1=C(OC)C(OC)N(O)C(Cn2c(=O)[nH]c3c(Cl)nc(N)nc32)=C1Cl. The number of methoxy groups -OCH3 is 3. The normalized spacial score (nSPS) is 17.9. The molecule has 0 aromatic carbocycles. The Hall–Kier alpha value is -2.47. The van der Waals surface area contributed by atoms with Gasteiger partial charge in [-0.05, 0) is 0 Å². The molecule has 1 aliphatic rings. The standard InChI is InChI=1S/C14H16Cl2N6O5/c1-25-8-6(15)5(22(24)12(27-3)9(8)26-2)4-21-11-7(18-14(21)23)10(16)19-13(17)20-11/h12,24H,4H2,1-3H3,(H,18,23)(H2,17,19,20). The van der Waals surface area contributed by atoms with Crippen molar-refractivity contribution >= 4 is 40.3 Å². The molecule has 1 aliphatic heterocycles. The van der Waals surface area contributed by atoms with Gasteiger partial charge in [0.1, 0.15) is 10.5 Å². The second-order valence-electron chi connectivity index (χ2n) is 5.38. The number of nitrogens with two attached hydrogens (primary N) is 1. The molecule has 13 heteroatoms. The van der Waals surface area contributed by atoms with Gasteiger partial charge in [0.05, 0.1) is 26.5 Å². The highest BCUT2D eigenvalue weighted by Gasteiger charge is 2.37. The molecule has 0 bridgehead atoms. The van der Waals surface area contributed by atoms with Crippen LogP contribution < -0.4 is 11.4 Å². The zero-order valence-electron chi connectivity index (χ0n) is 14.5. The summed E-state index contributed by atoms with van der Waals surface area (Å²) in [5.74, 6) is 0.210. The van der Waals surface area contributed by atoms with E-state index in [1.54, 1.807) is 0 Å². The molecule has 0 spiro atoms. The first-order chi connectivity index (χ1) is 12.8. The molecule has 3 rings (SSSR count). The Morgan fingerprint density at radius 2 is 1.96 bits per heavy atom. The molecule has 0 saturated carbocycles. The number of nitrogens with zero attached hydrogens (tertiary/aromatic N) is 4. The van der Waals surface area contributed by atoms with Crippen molar-refractivity contribution in [3.05, 3.63) is 37.9 Å². The minimum absolute atomic E-state index is 0.00756. The number of ether oxygens (including phenoxy) is 3. The maximum atomic E-state index is 12.4. The van der Waals surface area contributed by atoms with E-state index < -0.39 is 11.9 Å². The van der Waals surface area contributed by atoms with Crippen molar-refractivity contribution in [3.8, 4) is 0 Å². The molecule has 4 N–H and O–H groups in total. The molecule has 1 unspecified atom stereocenters. The maximum Gasteiger partial charge on any atom is 0.328 e. The fraction of sp³-hybridized carbons (Fsp3) is 0.357. The molecular weight excluding hydrogens is 403 g/mol. The number of fused-ring (bicyclic) bond motifs is 1. The van der Waals surface area contributed by atoms with Gasteiger partial charge < -0.3 is 24.9 Å². The molecule has 0 radical (unpaired) electrons. The average molecular weight is 419 g/mol. The van der Waals surface area contributed by atoms with E-state index in [0.29, 0.717) is 0 Å². The van der Waals surface area contributed by atoms with E-state index in [1.165, 1.54) is 25.9 Å². The lowest BCUT2D eigenvalue weighted by Crippen LogP contribution is -2.41. The maximum absolute atomic E-state index is 12.4. The molecule has 0 aliphatic carbocycles. The number of aromatic nitrogens is 4. The average Bonchev–Trinajstić information content (AvgIpc) is 2.94. The smallest absolute Gasteiger partial charge is 0.328 e. The van der Waals surface area contributed by atoms with Crippen molar-refractivity contribution in [1.29, 1.82) is 0 Å². The van der Waals surface area contributed by atoms with Crippen LogP contribution in [0.15, 0.2) is 27.0 Å². The summed E-state index contributed by atoms with van der Waals surface area (Å²) in [4.78, 5) is 22.8. The van der Waals surface area contributed by atoms with Gasteiger partial charge >= 0.3 is 5.69 Å². The number of H-pyrrole nitrogens is 1. The van der Waals surface area contributed by atoms with Gasteiger partial charge in [0, 0.05) is 7.11 Å². The third-order valence-electron chi connectivity index (χ3n) is 3.95. The zero-order chi connectivity index (χ0) is 19.9. The number of hydrogen-bond donors (Lipinski definition) is 3. The Bertz CT molecular complexity index is 1010. The largest absolute Gasteiger partial charge is 0.493 e. The van der Waals surface area contributed by atoms with Gasteiger partial charge in [-0.1, -0.05) is 23.2 Å². The second kappa shape index (κ2) is 7.27. The first-order valence-corrected chi connectivity index (χ1v) is 8.23. The molecule has 0 saturated heterocycles. The van der Waals surface area contributed by atoms with Crippen LogP contribution in [-0.4, -0.2) is 57.3 Å². The third kappa shape index (κ3) is 3.08. The predicted molar refractivity (Wildman–Crippen MR) is 95.9 cm³/mol. The van der Waals surface area contributed by atoms with Crippen LogP contribution in [0, 0.1) is 0 Å². The van der Waals surface area contributed by atoms with Crippen LogP contribution in [0.5, 0.6) is 0 Å². The lowest BCUT2D eigenvalue weighted by Gasteiger charge is -2.34. The molecule has 0 fully saturated rings. The number of imidazole rings is 1. The molecule has 0 amide bonds. The third-order valence-corrected chi connectivity index (χ3v) is 4.61. The van der Waals surface area contributed by atoms with Gasteiger partial charge in [-0.25, -0.2) is 9.86 Å². The summed E-state index contributed by atoms with van der Waals surface area (Å²) >= 11 is 12.4. The zero-order valence-corrected chi connectivity index (χ0v) is 16.0. The summed E-state index contributed by atoms with van der Waals surface area (Å²) in [7, 11) is 4.14. The number of nitrogens with one attached hydrogen (secondary N) is 1. The Morgan fingerprint density at radius 3 is 2.56 bits per heavy atom. The Kier molecular flexibility index (Phi) is 5.20. The Balaban J connectivity index is 2.17. The molecule has 1 atom stereocenters. The molecular formula is C14H16Cl2N6O5. The topological polar surface area (TPSA) is 141 Å². The number of nitrogen functional groups attached to an aromatic ring is 1. The molecule has 2 aromatic heterocycles. The summed E-state index contributed by atoms with van der Waals surface area (Å²) < 4.78 is 16.9. The minimum Gasteiger partial charge on any atom is -0.493 e. The molecule has 146 valence electrons. The van der Waals surface area contributed by atoms with Crippen molar-refractivity contribution in [3.63, 3.8) is 0 Å². The van der Waals surface area contributed by atoms with E-state index in [0.717, 1.165) is 5.06 Å². The summed E-state index contributed by atoms with van der Waals surface area (Å²) in [6.45, 7) is -0.190. The monoisotopic (exact) mass is 418 g/mol. The Labute approximate surface area is 162 Å². The van der Waals surface area contributed by atoms with Gasteiger partial charge in [-0.15, -0.1) is 0 Å². The van der Waals surface area contributed by atoms with Gasteiger partial charge in [0.2, 0.25) is 12.2 Å². The number of halogens is 2. The lowest BCUT2D eigenvalue weighted by molar-refractivity contribution is -0.186. The highest BCUT2D eigenvalue weighted by molar-refractivity contribution is 6.33. The molecule has 2 aromatic rings. The first kappa shape index (κ1) is 19.3. The second-order valence-corrected chi connectivity index (χ2v) is 6.12. The van der Waals surface area contributed by atoms with Crippen molar-refractivity contribution < 1.29 is 19.4 Å². The number of aromatic amines is 1. The molecule has 11 nitrogen and oxygen atoms in total. The van der Waals surface area contributed by atoms with E-state index in [4.69, 9.17) is 43.1 Å². The van der Waals surface area contributed by atoms with Crippen LogP contribution >= 0.6 is 23.2 Å². The minimum atomic E-state index is -1.04. The van der Waals surface area contributed by atoms with Crippen molar-refractivity contribution in [2.24, 2.45) is 0 Å². The van der Waals surface area contributed by atoms with Crippen LogP contribution in [0.1, 0.15) is 0 Å². The highest BCUT2D eigenvalue weighted by Crippen LogP contribution is 2.35. The number of hydroxylamine groups is 2. The van der Waals surface area contributed by atoms with Crippen LogP contribution in [0.4, 0.5) is 5.95 Å². The van der Waals surface area contributed by atoms with Gasteiger partial charge in [-0.3, -0.25) is 9.77 Å². The van der Waals surface area contributed by atoms with Crippen molar-refractivity contribution in [2.45, 2.75) is 12.8 Å². The highest BCUT2D eigenvalue weighted by atomic mass is 35.5. The number of rotatable bonds is 5. The fourth-order valence-corrected chi connectivity index (χ4v) is 3.28. The van der Waals surface area contributed by atoms with Crippen LogP contribution in [-0.2, 0) is 20.8 Å². The van der Waals surface area contributed by atoms with Gasteiger partial charge in [-0.2, -0.15) is 9.97 Å². The quantitative estimate of drug-likeness (QED) is 0.605. The van der Waals surface area contributed by atoms with Crippen LogP contribution in [0.3, 0.4) is 0 Å². The first-order valence-electron chi connectivity index (χ1n) is 7.47. The molecule has 3 heterocycles. The Morgan fingerprint density at radius 1 is 1.26 bits per heavy atom. The number of anilines is 1. The van der Waals surface area contributed by atoms with E-state index >= 15 is 0 Å². The van der Waals surface area contributed by atoms with E-state index in [9.17, 15) is 10.0 Å². The van der Waals surface area contributed by atoms with E-state index in [1.807, 2.05) is 0 Å². The number of hydrogen-bond acceptors (Lipinski definition) is 9. The summed E-state index contributed by atoms with van der Waals surface area (Å²) in [6.07, 6.45) is -1.04. The van der Waals surface area contributed by atoms with Gasteiger partial charge in [0.25, 0.3) is 0 Å². The number of allylic oxidation sites excluding steroid dienone is 2. The summed E-state index contributed by atoms with van der Waals surface area (Å²) in [5, 5.41) is 11.3. The van der Waals surface area contributed by atoms with Crippen molar-refractivity contribution in [2.75, 3.05) is 27.1 Å². The van der Waals surface area contributed by atoms with Crippen molar-refractivity contribution in [1.82, 2.24) is 24.6 Å². The predicted octanol–water partition coefficient (Wildman–Crippen LogP) is 0.987. The van der Waals surface area contributed by atoms with E-state index in [-0.39, 0.29) is 51.1 Å². The summed E-state index contributed by atoms with van der Waals surface area (Å²) in [6, 6.07) is 0.